The van der Waals surface area contributed by atoms with Crippen LogP contribution in [0.4, 0.5) is 0 Å². The minimum atomic E-state index is 0.152. The molecule has 0 saturated heterocycles. The van der Waals surface area contributed by atoms with Gasteiger partial charge in [0.2, 0.25) is 0 Å². The Labute approximate surface area is 98.8 Å². The Morgan fingerprint density at radius 2 is 2.00 bits per heavy atom. The van der Waals surface area contributed by atoms with Gasteiger partial charge >= 0.3 is 0 Å². The molecule has 0 aromatic carbocycles. The van der Waals surface area contributed by atoms with Crippen molar-refractivity contribution < 1.29 is 0 Å². The van der Waals surface area contributed by atoms with Crippen LogP contribution in [0.3, 0.4) is 0 Å². The topological polar surface area (TPSA) is 26.0 Å². The summed E-state index contributed by atoms with van der Waals surface area (Å²) in [5.41, 5.74) is 5.87. The zero-order chi connectivity index (χ0) is 10.7. The quantitative estimate of drug-likeness (QED) is 0.864. The summed E-state index contributed by atoms with van der Waals surface area (Å²) in [4.78, 5) is 2.74. The van der Waals surface area contributed by atoms with E-state index in [9.17, 15) is 0 Å². The minimum Gasteiger partial charge on any atom is -0.324 e. The van der Waals surface area contributed by atoms with Crippen molar-refractivity contribution in [1.29, 1.82) is 0 Å². The molecule has 1 aromatic heterocycles. The fraction of sp³-hybridized carbons (Fsp3) is 0.636. The molecule has 1 heterocycles. The number of nitrogens with two attached hydrogens (primary N) is 1. The second-order valence-corrected chi connectivity index (χ2v) is 5.63. The highest BCUT2D eigenvalue weighted by Crippen LogP contribution is 2.38. The normalized spacial score (nSPS) is 13.6. The predicted molar refractivity (Wildman–Crippen MR) is 67.9 cm³/mol. The van der Waals surface area contributed by atoms with Crippen molar-refractivity contribution in [2.45, 2.75) is 45.6 Å². The van der Waals surface area contributed by atoms with Crippen LogP contribution in [0.5, 0.6) is 0 Å². The van der Waals surface area contributed by atoms with Crippen molar-refractivity contribution in [3.63, 3.8) is 0 Å². The molecule has 14 heavy (non-hydrogen) atoms. The Kier molecular flexibility index (Phi) is 4.61. The van der Waals surface area contributed by atoms with Gasteiger partial charge in [0.1, 0.15) is 0 Å². The number of rotatable bonds is 4. The van der Waals surface area contributed by atoms with Crippen LogP contribution in [0.25, 0.3) is 0 Å². The summed E-state index contributed by atoms with van der Waals surface area (Å²) in [5, 5.41) is 0. The first-order valence-electron chi connectivity index (χ1n) is 5.14. The molecule has 0 saturated carbocycles. The molecule has 0 bridgehead atoms. The molecule has 1 unspecified atom stereocenters. The Balaban J connectivity index is 2.96. The van der Waals surface area contributed by atoms with E-state index in [2.05, 4.69) is 35.8 Å². The van der Waals surface area contributed by atoms with Gasteiger partial charge in [-0.25, -0.2) is 0 Å². The third kappa shape index (κ3) is 2.59. The number of hydrogen-bond donors (Lipinski definition) is 1. The van der Waals surface area contributed by atoms with Crippen LogP contribution in [-0.2, 0) is 0 Å². The maximum atomic E-state index is 5.87. The summed E-state index contributed by atoms with van der Waals surface area (Å²) in [6.07, 6.45) is 2.40. The molecular weight excluding hydrogens is 258 g/mol. The van der Waals surface area contributed by atoms with Crippen molar-refractivity contribution in [1.82, 2.24) is 0 Å². The van der Waals surface area contributed by atoms with Gasteiger partial charge in [-0.3, -0.25) is 0 Å². The van der Waals surface area contributed by atoms with Crippen LogP contribution in [0.1, 0.15) is 55.3 Å². The lowest BCUT2D eigenvalue weighted by molar-refractivity contribution is 0.651. The average Bonchev–Trinajstić information content (AvgIpc) is 2.51. The van der Waals surface area contributed by atoms with E-state index in [4.69, 9.17) is 5.73 Å². The van der Waals surface area contributed by atoms with Gasteiger partial charge in [-0.15, -0.1) is 11.3 Å². The first-order chi connectivity index (χ1) is 6.60. The standard InChI is InChI=1S/C11H18BrNS/c1-4-8(5-2)11-9(12)6-10(14-11)7(3)13/h6-8H,4-5,13H2,1-3H3. The van der Waals surface area contributed by atoms with Crippen LogP contribution >= 0.6 is 27.3 Å². The maximum Gasteiger partial charge on any atom is 0.0361 e. The van der Waals surface area contributed by atoms with Crippen LogP contribution in [0.2, 0.25) is 0 Å². The zero-order valence-electron chi connectivity index (χ0n) is 9.01. The van der Waals surface area contributed by atoms with E-state index < -0.39 is 0 Å². The van der Waals surface area contributed by atoms with Gasteiger partial charge in [-0.05, 0) is 47.7 Å². The molecule has 80 valence electrons. The van der Waals surface area contributed by atoms with Crippen molar-refractivity contribution in [3.8, 4) is 0 Å². The van der Waals surface area contributed by atoms with E-state index in [1.165, 1.54) is 27.1 Å². The van der Waals surface area contributed by atoms with E-state index in [0.717, 1.165) is 0 Å². The molecule has 2 N–H and O–H groups in total. The van der Waals surface area contributed by atoms with Gasteiger partial charge in [0.25, 0.3) is 0 Å². The van der Waals surface area contributed by atoms with Crippen LogP contribution in [0, 0.1) is 0 Å². The van der Waals surface area contributed by atoms with Crippen molar-refractivity contribution in [2.75, 3.05) is 0 Å². The van der Waals surface area contributed by atoms with Gasteiger partial charge in [0.15, 0.2) is 0 Å². The maximum absolute atomic E-state index is 5.87. The molecule has 0 aliphatic heterocycles. The highest BCUT2D eigenvalue weighted by atomic mass is 79.9. The van der Waals surface area contributed by atoms with Gasteiger partial charge < -0.3 is 5.73 Å². The molecule has 1 rings (SSSR count). The second kappa shape index (κ2) is 5.29. The van der Waals surface area contributed by atoms with E-state index in [0.29, 0.717) is 5.92 Å². The van der Waals surface area contributed by atoms with Crippen molar-refractivity contribution in [3.05, 3.63) is 20.3 Å². The number of hydrogen-bond acceptors (Lipinski definition) is 2. The summed E-state index contributed by atoms with van der Waals surface area (Å²) >= 11 is 5.48. The molecular formula is C11H18BrNS. The largest absolute Gasteiger partial charge is 0.324 e. The first-order valence-corrected chi connectivity index (χ1v) is 6.75. The Hall–Kier alpha value is 0.140. The van der Waals surface area contributed by atoms with Gasteiger partial charge in [0, 0.05) is 20.3 Å². The fourth-order valence-corrected chi connectivity index (χ4v) is 3.80. The van der Waals surface area contributed by atoms with E-state index in [1.807, 2.05) is 18.3 Å². The van der Waals surface area contributed by atoms with Crippen LogP contribution in [-0.4, -0.2) is 0 Å². The number of thiophene rings is 1. The number of halogens is 1. The molecule has 3 heteroatoms. The first kappa shape index (κ1) is 12.2. The fourth-order valence-electron chi connectivity index (χ4n) is 1.56. The molecule has 1 nitrogen and oxygen atoms in total. The Morgan fingerprint density at radius 3 is 2.36 bits per heavy atom. The van der Waals surface area contributed by atoms with E-state index in [1.54, 1.807) is 0 Å². The lowest BCUT2D eigenvalue weighted by Gasteiger charge is -2.10. The third-order valence-corrected chi connectivity index (χ3v) is 4.95. The smallest absolute Gasteiger partial charge is 0.0361 e. The summed E-state index contributed by atoms with van der Waals surface area (Å²) in [5.74, 6) is 0.682. The van der Waals surface area contributed by atoms with Crippen molar-refractivity contribution >= 4 is 27.3 Å². The third-order valence-electron chi connectivity index (χ3n) is 2.54. The zero-order valence-corrected chi connectivity index (χ0v) is 11.4. The van der Waals surface area contributed by atoms with E-state index in [-0.39, 0.29) is 6.04 Å². The lowest BCUT2D eigenvalue weighted by Crippen LogP contribution is -2.01. The highest BCUT2D eigenvalue weighted by molar-refractivity contribution is 9.10. The summed E-state index contributed by atoms with van der Waals surface area (Å²) in [7, 11) is 0. The van der Waals surface area contributed by atoms with Crippen LogP contribution < -0.4 is 5.73 Å². The van der Waals surface area contributed by atoms with Gasteiger partial charge in [-0.1, -0.05) is 13.8 Å². The second-order valence-electron chi connectivity index (χ2n) is 3.66. The molecule has 0 amide bonds. The van der Waals surface area contributed by atoms with E-state index >= 15 is 0 Å². The van der Waals surface area contributed by atoms with Gasteiger partial charge in [0.05, 0.1) is 0 Å². The molecule has 1 aromatic rings. The summed E-state index contributed by atoms with van der Waals surface area (Å²) in [6.45, 7) is 6.52. The molecule has 0 aliphatic carbocycles. The van der Waals surface area contributed by atoms with Gasteiger partial charge in [-0.2, -0.15) is 0 Å². The Morgan fingerprint density at radius 1 is 1.43 bits per heavy atom. The lowest BCUT2D eigenvalue weighted by atomic mass is 10.0. The molecule has 0 radical (unpaired) electrons. The monoisotopic (exact) mass is 275 g/mol. The summed E-state index contributed by atoms with van der Waals surface area (Å²) < 4.78 is 1.24. The SMILES string of the molecule is CCC(CC)c1sc(C(C)N)cc1Br. The molecule has 0 aliphatic rings. The Bertz CT molecular complexity index is 289. The molecule has 0 spiro atoms. The van der Waals surface area contributed by atoms with Crippen molar-refractivity contribution in [2.24, 2.45) is 5.73 Å². The van der Waals surface area contributed by atoms with Crippen LogP contribution in [0.15, 0.2) is 10.5 Å². The summed E-state index contributed by atoms with van der Waals surface area (Å²) in [6, 6.07) is 2.32. The minimum absolute atomic E-state index is 0.152. The molecule has 0 fully saturated rings. The average molecular weight is 276 g/mol. The molecule has 1 atom stereocenters. The predicted octanol–water partition coefficient (Wildman–Crippen LogP) is 4.43. The highest BCUT2D eigenvalue weighted by Gasteiger charge is 2.15.